The van der Waals surface area contributed by atoms with Crippen molar-refractivity contribution in [3.63, 3.8) is 0 Å². The number of benzene rings is 2. The molecule has 1 atom stereocenters. The van der Waals surface area contributed by atoms with Gasteiger partial charge in [0.05, 0.1) is 12.6 Å². The Morgan fingerprint density at radius 2 is 2.00 bits per heavy atom. The number of amides is 2. The van der Waals surface area contributed by atoms with Gasteiger partial charge in [-0.15, -0.1) is 0 Å². The number of urea groups is 1. The van der Waals surface area contributed by atoms with Crippen molar-refractivity contribution in [2.24, 2.45) is 0 Å². The van der Waals surface area contributed by atoms with Gasteiger partial charge in [0.25, 0.3) is 0 Å². The Hall–Kier alpha value is -2.49. The molecule has 1 aliphatic rings. The Balaban J connectivity index is 1.61. The van der Waals surface area contributed by atoms with E-state index in [0.717, 1.165) is 35.6 Å². The van der Waals surface area contributed by atoms with Crippen molar-refractivity contribution >= 4 is 11.7 Å². The van der Waals surface area contributed by atoms with Crippen LogP contribution < -0.4 is 15.4 Å². The predicted octanol–water partition coefficient (Wildman–Crippen LogP) is 3.50. The predicted molar refractivity (Wildman–Crippen MR) is 82.7 cm³/mol. The van der Waals surface area contributed by atoms with Gasteiger partial charge < -0.3 is 15.4 Å². The third-order valence-electron chi connectivity index (χ3n) is 3.59. The molecule has 0 spiro atoms. The quantitative estimate of drug-likeness (QED) is 0.905. The van der Waals surface area contributed by atoms with Crippen LogP contribution in [-0.2, 0) is 6.42 Å². The molecular formula is C17H18N2O2. The van der Waals surface area contributed by atoms with Gasteiger partial charge in [-0.1, -0.05) is 30.3 Å². The van der Waals surface area contributed by atoms with E-state index in [1.54, 1.807) is 0 Å². The Bertz CT molecular complexity index is 640. The molecule has 21 heavy (non-hydrogen) atoms. The number of hydrogen-bond acceptors (Lipinski definition) is 2. The molecular weight excluding hydrogens is 264 g/mol. The van der Waals surface area contributed by atoms with Crippen LogP contribution in [0.1, 0.15) is 24.1 Å². The van der Waals surface area contributed by atoms with Crippen LogP contribution in [-0.4, -0.2) is 12.6 Å². The van der Waals surface area contributed by atoms with E-state index < -0.39 is 0 Å². The first-order valence-corrected chi connectivity index (χ1v) is 7.10. The number of carbonyl (C=O) groups is 1. The molecule has 2 aromatic rings. The minimum Gasteiger partial charge on any atom is -0.493 e. The number of ether oxygens (including phenoxy) is 1. The van der Waals surface area contributed by atoms with E-state index >= 15 is 0 Å². The van der Waals surface area contributed by atoms with Gasteiger partial charge in [0, 0.05) is 12.1 Å². The van der Waals surface area contributed by atoms with Crippen LogP contribution in [0, 0.1) is 0 Å². The number of fused-ring (bicyclic) bond motifs is 1. The summed E-state index contributed by atoms with van der Waals surface area (Å²) in [5, 5.41) is 5.80. The summed E-state index contributed by atoms with van der Waals surface area (Å²) in [5.41, 5.74) is 3.01. The number of carbonyl (C=O) groups excluding carboxylic acids is 1. The van der Waals surface area contributed by atoms with Crippen molar-refractivity contribution in [3.8, 4) is 5.75 Å². The van der Waals surface area contributed by atoms with Crippen molar-refractivity contribution in [2.75, 3.05) is 11.9 Å². The molecule has 2 amide bonds. The lowest BCUT2D eigenvalue weighted by atomic mass is 10.1. The highest BCUT2D eigenvalue weighted by molar-refractivity contribution is 5.89. The van der Waals surface area contributed by atoms with Crippen molar-refractivity contribution in [1.29, 1.82) is 0 Å². The monoisotopic (exact) mass is 282 g/mol. The van der Waals surface area contributed by atoms with Crippen molar-refractivity contribution in [3.05, 3.63) is 59.7 Å². The van der Waals surface area contributed by atoms with Gasteiger partial charge in [0.15, 0.2) is 0 Å². The fourth-order valence-corrected chi connectivity index (χ4v) is 2.45. The maximum atomic E-state index is 12.0. The Labute approximate surface area is 124 Å². The Kier molecular flexibility index (Phi) is 3.77. The van der Waals surface area contributed by atoms with Crippen LogP contribution in [0.25, 0.3) is 0 Å². The second-order valence-corrected chi connectivity index (χ2v) is 5.15. The van der Waals surface area contributed by atoms with E-state index in [1.165, 1.54) is 0 Å². The van der Waals surface area contributed by atoms with E-state index in [-0.39, 0.29) is 12.1 Å². The SMILES string of the molecule is CC(NC(=O)Nc1ccc2c(c1)CCO2)c1ccccc1. The second kappa shape index (κ2) is 5.87. The van der Waals surface area contributed by atoms with Gasteiger partial charge in [0.2, 0.25) is 0 Å². The summed E-state index contributed by atoms with van der Waals surface area (Å²) in [7, 11) is 0. The molecule has 0 saturated carbocycles. The number of hydrogen-bond donors (Lipinski definition) is 2. The molecule has 4 nitrogen and oxygen atoms in total. The highest BCUT2D eigenvalue weighted by Gasteiger charge is 2.14. The molecule has 0 aliphatic carbocycles. The van der Waals surface area contributed by atoms with Gasteiger partial charge in [-0.3, -0.25) is 0 Å². The van der Waals surface area contributed by atoms with Crippen molar-refractivity contribution in [2.45, 2.75) is 19.4 Å². The zero-order chi connectivity index (χ0) is 14.7. The molecule has 0 fully saturated rings. The number of anilines is 1. The summed E-state index contributed by atoms with van der Waals surface area (Å²) in [6.07, 6.45) is 0.896. The van der Waals surface area contributed by atoms with E-state index in [2.05, 4.69) is 10.6 Å². The van der Waals surface area contributed by atoms with Gasteiger partial charge >= 0.3 is 6.03 Å². The largest absolute Gasteiger partial charge is 0.493 e. The molecule has 0 aromatic heterocycles. The fraction of sp³-hybridized carbons (Fsp3) is 0.235. The smallest absolute Gasteiger partial charge is 0.319 e. The summed E-state index contributed by atoms with van der Waals surface area (Å²) in [5.74, 6) is 0.915. The average molecular weight is 282 g/mol. The van der Waals surface area contributed by atoms with Crippen LogP contribution in [0.15, 0.2) is 48.5 Å². The van der Waals surface area contributed by atoms with Gasteiger partial charge in [0.1, 0.15) is 5.75 Å². The van der Waals surface area contributed by atoms with Gasteiger partial charge in [-0.25, -0.2) is 4.79 Å². The van der Waals surface area contributed by atoms with Crippen molar-refractivity contribution < 1.29 is 9.53 Å². The Morgan fingerprint density at radius 3 is 2.81 bits per heavy atom. The number of nitrogens with one attached hydrogen (secondary N) is 2. The molecule has 4 heteroatoms. The number of rotatable bonds is 3. The van der Waals surface area contributed by atoms with Crippen molar-refractivity contribution in [1.82, 2.24) is 5.32 Å². The average Bonchev–Trinajstić information content (AvgIpc) is 2.95. The third kappa shape index (κ3) is 3.16. The highest BCUT2D eigenvalue weighted by atomic mass is 16.5. The van der Waals surface area contributed by atoms with E-state index in [4.69, 9.17) is 4.74 Å². The lowest BCUT2D eigenvalue weighted by molar-refractivity contribution is 0.249. The van der Waals surface area contributed by atoms with Crippen LogP contribution in [0.4, 0.5) is 10.5 Å². The first-order chi connectivity index (χ1) is 10.2. The summed E-state index contributed by atoms with van der Waals surface area (Å²) < 4.78 is 5.45. The molecule has 1 heterocycles. The molecule has 2 N–H and O–H groups in total. The third-order valence-corrected chi connectivity index (χ3v) is 3.59. The maximum Gasteiger partial charge on any atom is 0.319 e. The minimum absolute atomic E-state index is 0.0380. The van der Waals surface area contributed by atoms with Crippen LogP contribution in [0.5, 0.6) is 5.75 Å². The molecule has 0 saturated heterocycles. The normalized spacial score (nSPS) is 14.0. The van der Waals surface area contributed by atoms with Crippen LogP contribution >= 0.6 is 0 Å². The molecule has 0 radical (unpaired) electrons. The fourth-order valence-electron chi connectivity index (χ4n) is 2.45. The zero-order valence-corrected chi connectivity index (χ0v) is 11.9. The topological polar surface area (TPSA) is 50.4 Å². The lowest BCUT2D eigenvalue weighted by Crippen LogP contribution is -2.31. The summed E-state index contributed by atoms with van der Waals surface area (Å²) >= 11 is 0. The Morgan fingerprint density at radius 1 is 1.19 bits per heavy atom. The summed E-state index contributed by atoms with van der Waals surface area (Å²) in [6.45, 7) is 2.68. The van der Waals surface area contributed by atoms with Crippen LogP contribution in [0.2, 0.25) is 0 Å². The molecule has 0 bridgehead atoms. The lowest BCUT2D eigenvalue weighted by Gasteiger charge is -2.15. The molecule has 3 rings (SSSR count). The molecule has 1 unspecified atom stereocenters. The van der Waals surface area contributed by atoms with Gasteiger partial charge in [-0.2, -0.15) is 0 Å². The summed E-state index contributed by atoms with van der Waals surface area (Å²) in [4.78, 5) is 12.0. The van der Waals surface area contributed by atoms with Crippen LogP contribution in [0.3, 0.4) is 0 Å². The maximum absolute atomic E-state index is 12.0. The van der Waals surface area contributed by atoms with E-state index in [0.29, 0.717) is 0 Å². The first kappa shape index (κ1) is 13.5. The summed E-state index contributed by atoms with van der Waals surface area (Å²) in [6, 6.07) is 15.4. The van der Waals surface area contributed by atoms with E-state index in [1.807, 2.05) is 55.5 Å². The molecule has 2 aromatic carbocycles. The standard InChI is InChI=1S/C17H18N2O2/c1-12(13-5-3-2-4-6-13)18-17(20)19-15-7-8-16-14(11-15)9-10-21-16/h2-8,11-12H,9-10H2,1H3,(H2,18,19,20). The first-order valence-electron chi connectivity index (χ1n) is 7.10. The molecule has 1 aliphatic heterocycles. The van der Waals surface area contributed by atoms with E-state index in [9.17, 15) is 4.79 Å². The van der Waals surface area contributed by atoms with Gasteiger partial charge in [-0.05, 0) is 36.2 Å². The zero-order valence-electron chi connectivity index (χ0n) is 11.9. The second-order valence-electron chi connectivity index (χ2n) is 5.15. The highest BCUT2D eigenvalue weighted by Crippen LogP contribution is 2.27. The molecule has 108 valence electrons. The minimum atomic E-state index is -0.204.